The number of benzene rings is 1. The minimum atomic E-state index is 0.0555. The minimum absolute atomic E-state index is 0.0555. The molecular weight excluding hydrogens is 262 g/mol. The van der Waals surface area contributed by atoms with E-state index < -0.39 is 0 Å². The molecule has 1 aliphatic rings. The number of nitrogens with zero attached hydrogens (tertiary/aromatic N) is 1. The van der Waals surface area contributed by atoms with Crippen LogP contribution in [0.1, 0.15) is 52.4 Å². The molecule has 108 valence electrons. The van der Waals surface area contributed by atoms with Gasteiger partial charge in [0.05, 0.1) is 0 Å². The molecule has 1 heterocycles. The number of carbonyl (C=O) groups excluding carboxylic acids is 2. The van der Waals surface area contributed by atoms with Crippen LogP contribution in [-0.4, -0.2) is 16.1 Å². The van der Waals surface area contributed by atoms with E-state index in [1.54, 1.807) is 6.92 Å². The molecule has 0 aliphatic heterocycles. The summed E-state index contributed by atoms with van der Waals surface area (Å²) in [6.45, 7) is 5.69. The monoisotopic (exact) mass is 281 g/mol. The van der Waals surface area contributed by atoms with Crippen molar-refractivity contribution in [2.45, 2.75) is 33.6 Å². The van der Waals surface area contributed by atoms with Crippen LogP contribution in [0, 0.1) is 12.8 Å². The summed E-state index contributed by atoms with van der Waals surface area (Å²) in [5, 5.41) is 0. The molecule has 0 spiro atoms. The quantitative estimate of drug-likeness (QED) is 0.786. The molecule has 1 atom stereocenters. The number of aromatic nitrogens is 1. The van der Waals surface area contributed by atoms with Gasteiger partial charge in [-0.3, -0.25) is 9.59 Å². The number of Topliss-reactive ketones (excluding diaryl/α,β-unsaturated/α-hetero) is 2. The van der Waals surface area contributed by atoms with E-state index in [2.05, 4.69) is 11.5 Å². The topological polar surface area (TPSA) is 39.1 Å². The van der Waals surface area contributed by atoms with Crippen LogP contribution in [0.4, 0.5) is 0 Å². The summed E-state index contributed by atoms with van der Waals surface area (Å²) in [4.78, 5) is 23.8. The van der Waals surface area contributed by atoms with Gasteiger partial charge in [-0.15, -0.1) is 0 Å². The summed E-state index contributed by atoms with van der Waals surface area (Å²) in [5.74, 6) is 0.655. The molecule has 0 saturated heterocycles. The predicted molar refractivity (Wildman–Crippen MR) is 82.3 cm³/mol. The third kappa shape index (κ3) is 2.33. The van der Waals surface area contributed by atoms with E-state index in [-0.39, 0.29) is 11.6 Å². The van der Waals surface area contributed by atoms with E-state index in [9.17, 15) is 9.59 Å². The smallest absolute Gasteiger partial charge is 0.164 e. The summed E-state index contributed by atoms with van der Waals surface area (Å²) >= 11 is 0. The Bertz CT molecular complexity index is 740. The molecule has 2 aromatic rings. The van der Waals surface area contributed by atoms with Crippen LogP contribution in [0.5, 0.6) is 0 Å². The van der Waals surface area contributed by atoms with Gasteiger partial charge in [0.1, 0.15) is 0 Å². The van der Waals surface area contributed by atoms with Gasteiger partial charge in [-0.05, 0) is 44.4 Å². The van der Waals surface area contributed by atoms with Crippen LogP contribution < -0.4 is 0 Å². The maximum absolute atomic E-state index is 12.2. The zero-order valence-corrected chi connectivity index (χ0v) is 12.6. The van der Waals surface area contributed by atoms with Gasteiger partial charge >= 0.3 is 0 Å². The number of carbonyl (C=O) groups is 2. The van der Waals surface area contributed by atoms with Crippen LogP contribution >= 0.6 is 0 Å². The SMILES string of the molecule is CC(=O)c1cccc(-n2c(C)cc3c2C[C@H](C)CC3=O)c1. The molecule has 0 radical (unpaired) electrons. The van der Waals surface area contributed by atoms with E-state index in [0.29, 0.717) is 17.9 Å². The Morgan fingerprint density at radius 2 is 2.00 bits per heavy atom. The van der Waals surface area contributed by atoms with E-state index >= 15 is 0 Å². The highest BCUT2D eigenvalue weighted by atomic mass is 16.1. The lowest BCUT2D eigenvalue weighted by Crippen LogP contribution is -2.19. The van der Waals surface area contributed by atoms with E-state index in [1.165, 1.54) is 0 Å². The number of rotatable bonds is 2. The van der Waals surface area contributed by atoms with Crippen molar-refractivity contribution in [3.05, 3.63) is 52.8 Å². The molecule has 0 unspecified atom stereocenters. The van der Waals surface area contributed by atoms with Crippen molar-refractivity contribution < 1.29 is 9.59 Å². The van der Waals surface area contributed by atoms with Crippen molar-refractivity contribution in [3.8, 4) is 5.69 Å². The van der Waals surface area contributed by atoms with Crippen LogP contribution in [0.2, 0.25) is 0 Å². The first-order valence-electron chi connectivity index (χ1n) is 7.33. The first-order valence-corrected chi connectivity index (χ1v) is 7.33. The van der Waals surface area contributed by atoms with Crippen molar-refractivity contribution in [1.82, 2.24) is 4.57 Å². The van der Waals surface area contributed by atoms with Gasteiger partial charge in [-0.1, -0.05) is 19.1 Å². The Labute approximate surface area is 124 Å². The Kier molecular flexibility index (Phi) is 3.28. The second-order valence-electron chi connectivity index (χ2n) is 6.02. The lowest BCUT2D eigenvalue weighted by Gasteiger charge is -2.21. The molecule has 3 rings (SSSR count). The Hall–Kier alpha value is -2.16. The van der Waals surface area contributed by atoms with Gasteiger partial charge < -0.3 is 4.57 Å². The lowest BCUT2D eigenvalue weighted by atomic mass is 9.88. The predicted octanol–water partition coefficient (Wildman–Crippen LogP) is 3.75. The largest absolute Gasteiger partial charge is 0.317 e. The summed E-state index contributed by atoms with van der Waals surface area (Å²) in [7, 11) is 0. The highest BCUT2D eigenvalue weighted by Crippen LogP contribution is 2.30. The van der Waals surface area contributed by atoms with E-state index in [4.69, 9.17) is 0 Å². The maximum atomic E-state index is 12.2. The van der Waals surface area contributed by atoms with Crippen LogP contribution in [-0.2, 0) is 6.42 Å². The van der Waals surface area contributed by atoms with Crippen molar-refractivity contribution in [3.63, 3.8) is 0 Å². The van der Waals surface area contributed by atoms with E-state index in [0.717, 1.165) is 29.1 Å². The zero-order chi connectivity index (χ0) is 15.1. The molecule has 0 saturated carbocycles. The number of aryl methyl sites for hydroxylation is 1. The summed E-state index contributed by atoms with van der Waals surface area (Å²) < 4.78 is 2.12. The molecule has 0 bridgehead atoms. The van der Waals surface area contributed by atoms with Crippen molar-refractivity contribution in [2.24, 2.45) is 5.92 Å². The molecule has 1 aromatic heterocycles. The van der Waals surface area contributed by atoms with Gasteiger partial charge in [-0.25, -0.2) is 0 Å². The normalized spacial score (nSPS) is 17.7. The summed E-state index contributed by atoms with van der Waals surface area (Å²) in [6.07, 6.45) is 1.53. The van der Waals surface area contributed by atoms with Gasteiger partial charge in [0.15, 0.2) is 11.6 Å². The molecule has 1 aromatic carbocycles. The summed E-state index contributed by atoms with van der Waals surface area (Å²) in [5.41, 5.74) is 4.63. The van der Waals surface area contributed by atoms with Gasteiger partial charge in [0.2, 0.25) is 0 Å². The second-order valence-corrected chi connectivity index (χ2v) is 6.02. The fraction of sp³-hybridized carbons (Fsp3) is 0.333. The summed E-state index contributed by atoms with van der Waals surface area (Å²) in [6, 6.07) is 9.59. The third-order valence-electron chi connectivity index (χ3n) is 4.17. The standard InChI is InChI=1S/C18H19NO2/c1-11-7-17-16(18(21)8-11)9-12(2)19(17)15-6-4-5-14(10-15)13(3)20/h4-6,9-11H,7-8H2,1-3H3/t11-/m0/s1. The molecule has 3 heteroatoms. The van der Waals surface area contributed by atoms with Crippen molar-refractivity contribution in [2.75, 3.05) is 0 Å². The Morgan fingerprint density at radius 3 is 2.71 bits per heavy atom. The number of ketones is 2. The van der Waals surface area contributed by atoms with Crippen LogP contribution in [0.25, 0.3) is 5.69 Å². The first kappa shape index (κ1) is 13.8. The fourth-order valence-corrected chi connectivity index (χ4v) is 3.18. The highest BCUT2D eigenvalue weighted by molar-refractivity contribution is 5.99. The second kappa shape index (κ2) is 4.99. The van der Waals surface area contributed by atoms with Gasteiger partial charge in [0, 0.05) is 34.6 Å². The molecule has 0 N–H and O–H groups in total. The number of hydrogen-bond donors (Lipinski definition) is 0. The van der Waals surface area contributed by atoms with Gasteiger partial charge in [-0.2, -0.15) is 0 Å². The minimum Gasteiger partial charge on any atom is -0.317 e. The lowest BCUT2D eigenvalue weighted by molar-refractivity contribution is 0.0951. The van der Waals surface area contributed by atoms with Crippen LogP contribution in [0.15, 0.2) is 30.3 Å². The average molecular weight is 281 g/mol. The van der Waals surface area contributed by atoms with Crippen molar-refractivity contribution in [1.29, 1.82) is 0 Å². The Morgan fingerprint density at radius 1 is 1.24 bits per heavy atom. The number of fused-ring (bicyclic) bond motifs is 1. The molecule has 1 aliphatic carbocycles. The first-order chi connectivity index (χ1) is 9.97. The molecule has 0 amide bonds. The molecular formula is C18H19NO2. The maximum Gasteiger partial charge on any atom is 0.164 e. The number of hydrogen-bond acceptors (Lipinski definition) is 2. The molecule has 21 heavy (non-hydrogen) atoms. The molecule has 3 nitrogen and oxygen atoms in total. The van der Waals surface area contributed by atoms with Gasteiger partial charge in [0.25, 0.3) is 0 Å². The third-order valence-corrected chi connectivity index (χ3v) is 4.17. The van der Waals surface area contributed by atoms with Crippen molar-refractivity contribution >= 4 is 11.6 Å². The molecule has 0 fully saturated rings. The Balaban J connectivity index is 2.18. The van der Waals surface area contributed by atoms with E-state index in [1.807, 2.05) is 37.3 Å². The average Bonchev–Trinajstić information content (AvgIpc) is 2.75. The van der Waals surface area contributed by atoms with Crippen LogP contribution in [0.3, 0.4) is 0 Å². The zero-order valence-electron chi connectivity index (χ0n) is 12.6. The highest BCUT2D eigenvalue weighted by Gasteiger charge is 2.27. The fourth-order valence-electron chi connectivity index (χ4n) is 3.18.